The van der Waals surface area contributed by atoms with Crippen molar-refractivity contribution in [3.63, 3.8) is 0 Å². The van der Waals surface area contributed by atoms with E-state index in [9.17, 15) is 45.1 Å². The monoisotopic (exact) mass is 690 g/mol. The van der Waals surface area contributed by atoms with Crippen LogP contribution < -0.4 is 20.9 Å². The third-order valence-electron chi connectivity index (χ3n) is 6.52. The molecule has 4 aromatic rings. The van der Waals surface area contributed by atoms with Gasteiger partial charge in [0, 0.05) is 35.9 Å². The first-order chi connectivity index (χ1) is 22.6. The Morgan fingerprint density at radius 2 is 1.42 bits per heavy atom. The van der Waals surface area contributed by atoms with Gasteiger partial charge in [0.25, 0.3) is 11.8 Å². The number of carbonyl (C=O) groups excluding carboxylic acids is 3. The lowest BCUT2D eigenvalue weighted by atomic mass is 10.1. The predicted octanol–water partition coefficient (Wildman–Crippen LogP) is 7.47. The highest BCUT2D eigenvalue weighted by Crippen LogP contribution is 2.38. The van der Waals surface area contributed by atoms with Crippen LogP contribution in [0.3, 0.4) is 0 Å². The number of nitrogens with zero attached hydrogens (tertiary/aromatic N) is 1. The van der Waals surface area contributed by atoms with Crippen molar-refractivity contribution < 1.29 is 45.1 Å². The zero-order chi connectivity index (χ0) is 35.2. The van der Waals surface area contributed by atoms with Crippen molar-refractivity contribution in [2.24, 2.45) is 0 Å². The Bertz CT molecular complexity index is 1840. The van der Waals surface area contributed by atoms with Crippen LogP contribution in [-0.4, -0.2) is 37.6 Å². The summed E-state index contributed by atoms with van der Waals surface area (Å²) in [6.07, 6.45) is -4.25. The van der Waals surface area contributed by atoms with Crippen molar-refractivity contribution in [1.82, 2.24) is 5.32 Å². The summed E-state index contributed by atoms with van der Waals surface area (Å²) < 4.78 is 94.7. The van der Waals surface area contributed by atoms with Crippen molar-refractivity contribution >= 4 is 52.6 Å². The lowest BCUT2D eigenvalue weighted by molar-refractivity contribution is -0.143. The van der Waals surface area contributed by atoms with E-state index in [4.69, 9.17) is 0 Å². The minimum atomic E-state index is -5.73. The minimum Gasteiger partial charge on any atom is -0.378 e. The molecule has 0 unspecified atom stereocenters. The Labute approximate surface area is 273 Å². The Hall–Kier alpha value is -5.31. The fourth-order valence-electron chi connectivity index (χ4n) is 4.15. The third kappa shape index (κ3) is 8.73. The summed E-state index contributed by atoms with van der Waals surface area (Å²) >= 11 is 0.775. The number of alkyl halides is 3. The van der Waals surface area contributed by atoms with E-state index in [2.05, 4.69) is 10.6 Å². The molecule has 0 fully saturated rings. The molecule has 3 N–H and O–H groups in total. The average Bonchev–Trinajstić information content (AvgIpc) is 3.04. The van der Waals surface area contributed by atoms with E-state index in [1.807, 2.05) is 31.1 Å². The molecule has 0 radical (unpaired) electrons. The highest BCUT2D eigenvalue weighted by atomic mass is 32.2. The van der Waals surface area contributed by atoms with Crippen LogP contribution >= 0.6 is 11.8 Å². The SMILES string of the molecule is CN(C)c1ccc(/C=C(/NC(=O)c2ccccc2)C(=O)Nc2cccc(SCC(=O)Nc3c(F)c(F)c(C(F)(F)F)c(F)c3F)c2)cc1. The number of carbonyl (C=O) groups is 3. The van der Waals surface area contributed by atoms with Crippen LogP contribution in [0.5, 0.6) is 0 Å². The summed E-state index contributed by atoms with van der Waals surface area (Å²) in [4.78, 5) is 40.8. The number of thioether (sulfide) groups is 1. The van der Waals surface area contributed by atoms with Gasteiger partial charge in [0.15, 0.2) is 23.3 Å². The highest BCUT2D eigenvalue weighted by Gasteiger charge is 2.42. The number of amides is 3. The maximum atomic E-state index is 14.2. The summed E-state index contributed by atoms with van der Waals surface area (Å²) in [6, 6.07) is 21.3. The van der Waals surface area contributed by atoms with Crippen LogP contribution in [0, 0.1) is 23.3 Å². The summed E-state index contributed by atoms with van der Waals surface area (Å²) in [7, 11) is 3.73. The molecule has 0 heterocycles. The topological polar surface area (TPSA) is 90.5 Å². The molecule has 7 nitrogen and oxygen atoms in total. The quantitative estimate of drug-likeness (QED) is 0.0696. The van der Waals surface area contributed by atoms with Crippen molar-refractivity contribution in [3.8, 4) is 0 Å². The van der Waals surface area contributed by atoms with Crippen molar-refractivity contribution in [3.05, 3.63) is 125 Å². The molecule has 0 aliphatic heterocycles. The molecule has 0 aliphatic carbocycles. The number of benzene rings is 4. The van der Waals surface area contributed by atoms with Crippen LogP contribution in [0.15, 0.2) is 89.5 Å². The summed E-state index contributed by atoms with van der Waals surface area (Å²) in [5, 5.41) is 6.81. The normalized spacial score (nSPS) is 11.6. The van der Waals surface area contributed by atoms with E-state index < -0.39 is 64.2 Å². The lowest BCUT2D eigenvalue weighted by Crippen LogP contribution is -2.30. The lowest BCUT2D eigenvalue weighted by Gasteiger charge is -2.15. The number of nitrogens with one attached hydrogen (secondary N) is 3. The Morgan fingerprint density at radius 3 is 2.00 bits per heavy atom. The van der Waals surface area contributed by atoms with Crippen molar-refractivity contribution in [2.75, 3.05) is 35.4 Å². The predicted molar refractivity (Wildman–Crippen MR) is 168 cm³/mol. The van der Waals surface area contributed by atoms with Crippen LogP contribution in [0.25, 0.3) is 6.08 Å². The van der Waals surface area contributed by atoms with Gasteiger partial charge in [-0.2, -0.15) is 13.2 Å². The van der Waals surface area contributed by atoms with E-state index in [0.717, 1.165) is 17.4 Å². The van der Waals surface area contributed by atoms with E-state index >= 15 is 0 Å². The van der Waals surface area contributed by atoms with Crippen LogP contribution in [-0.2, 0) is 15.8 Å². The molecule has 250 valence electrons. The standard InChI is InChI=1S/C33H25F7N4O3S/c1-44(2)21-13-11-18(12-14-21)15-23(42-31(46)19-7-4-3-5-8-19)32(47)41-20-9-6-10-22(16-20)48-17-24(45)43-30-28(36)26(34)25(33(38,39)40)27(35)29(30)37/h3-16H,17H2,1-2H3,(H,41,47)(H,42,46)(H,43,45)/b23-15+. The Balaban J connectivity index is 1.48. The zero-order valence-electron chi connectivity index (χ0n) is 25.0. The maximum Gasteiger partial charge on any atom is 0.422 e. The number of hydrogen-bond acceptors (Lipinski definition) is 5. The molecule has 0 bridgehead atoms. The molecule has 0 atom stereocenters. The molecule has 15 heteroatoms. The van der Waals surface area contributed by atoms with E-state index in [1.165, 1.54) is 30.3 Å². The summed E-state index contributed by atoms with van der Waals surface area (Å²) in [6.45, 7) is 0. The number of hydrogen-bond donors (Lipinski definition) is 3. The van der Waals surface area contributed by atoms with Gasteiger partial charge in [0.05, 0.1) is 5.75 Å². The Kier molecular flexibility index (Phi) is 11.2. The summed E-state index contributed by atoms with van der Waals surface area (Å²) in [5.74, 6) is -13.3. The molecule has 0 saturated heterocycles. The molecule has 4 aromatic carbocycles. The number of halogens is 7. The van der Waals surface area contributed by atoms with Gasteiger partial charge in [0.1, 0.15) is 16.9 Å². The zero-order valence-corrected chi connectivity index (χ0v) is 25.8. The van der Waals surface area contributed by atoms with Crippen LogP contribution in [0.4, 0.5) is 47.8 Å². The molecule has 0 aliphatic rings. The minimum absolute atomic E-state index is 0.0982. The van der Waals surface area contributed by atoms with E-state index in [0.29, 0.717) is 16.0 Å². The molecule has 0 aromatic heterocycles. The van der Waals surface area contributed by atoms with Gasteiger partial charge >= 0.3 is 6.18 Å². The van der Waals surface area contributed by atoms with Crippen LogP contribution in [0.1, 0.15) is 21.5 Å². The van der Waals surface area contributed by atoms with Gasteiger partial charge in [-0.3, -0.25) is 14.4 Å². The van der Waals surface area contributed by atoms with E-state index in [-0.39, 0.29) is 11.4 Å². The maximum absolute atomic E-state index is 14.2. The molecule has 0 saturated carbocycles. The Morgan fingerprint density at radius 1 is 0.792 bits per heavy atom. The third-order valence-corrected chi connectivity index (χ3v) is 7.52. The van der Waals surface area contributed by atoms with Crippen molar-refractivity contribution in [1.29, 1.82) is 0 Å². The largest absolute Gasteiger partial charge is 0.422 e. The van der Waals surface area contributed by atoms with Gasteiger partial charge < -0.3 is 20.9 Å². The first-order valence-electron chi connectivity index (χ1n) is 13.8. The highest BCUT2D eigenvalue weighted by molar-refractivity contribution is 8.00. The van der Waals surface area contributed by atoms with Crippen LogP contribution in [0.2, 0.25) is 0 Å². The molecule has 3 amide bonds. The second kappa shape index (κ2) is 15.1. The van der Waals surface area contributed by atoms with Gasteiger partial charge in [0.2, 0.25) is 5.91 Å². The average molecular weight is 691 g/mol. The number of rotatable bonds is 10. The molecule has 4 rings (SSSR count). The molecular weight excluding hydrogens is 665 g/mol. The summed E-state index contributed by atoms with van der Waals surface area (Å²) in [5.41, 5.74) is -2.53. The van der Waals surface area contributed by atoms with Gasteiger partial charge in [-0.25, -0.2) is 17.6 Å². The number of anilines is 3. The van der Waals surface area contributed by atoms with E-state index in [1.54, 1.807) is 47.8 Å². The van der Waals surface area contributed by atoms with Gasteiger partial charge in [-0.1, -0.05) is 36.4 Å². The molecule has 48 heavy (non-hydrogen) atoms. The fraction of sp³-hybridized carbons (Fsp3) is 0.121. The van der Waals surface area contributed by atoms with Crippen molar-refractivity contribution in [2.45, 2.75) is 11.1 Å². The second-order valence-electron chi connectivity index (χ2n) is 10.2. The molecular formula is C33H25F7N4O3S. The van der Waals surface area contributed by atoms with Gasteiger partial charge in [-0.05, 0) is 54.1 Å². The van der Waals surface area contributed by atoms with Gasteiger partial charge in [-0.15, -0.1) is 11.8 Å². The first kappa shape index (κ1) is 35.5. The molecule has 0 spiro atoms. The smallest absolute Gasteiger partial charge is 0.378 e. The fourth-order valence-corrected chi connectivity index (χ4v) is 4.91. The first-order valence-corrected chi connectivity index (χ1v) is 14.8. The second-order valence-corrected chi connectivity index (χ2v) is 11.2.